The third-order valence-corrected chi connectivity index (χ3v) is 7.57. The second kappa shape index (κ2) is 9.29. The number of nitrogens with zero attached hydrogens (tertiary/aromatic N) is 4. The monoisotopic (exact) mass is 520 g/mol. The lowest BCUT2D eigenvalue weighted by Crippen LogP contribution is -2.17. The first-order valence-corrected chi connectivity index (χ1v) is 13.9. The third kappa shape index (κ3) is 4.99. The molecular weight excluding hydrogens is 496 g/mol. The smallest absolute Gasteiger partial charge is 0.229 e. The summed E-state index contributed by atoms with van der Waals surface area (Å²) in [5, 5.41) is 6.93. The van der Waals surface area contributed by atoms with Gasteiger partial charge in [-0.15, -0.1) is 0 Å². The topological polar surface area (TPSA) is 101 Å². The zero-order valence-electron chi connectivity index (χ0n) is 19.6. The van der Waals surface area contributed by atoms with Crippen molar-refractivity contribution in [1.29, 1.82) is 0 Å². The Morgan fingerprint density at radius 3 is 2.69 bits per heavy atom. The lowest BCUT2D eigenvalue weighted by Gasteiger charge is -2.09. The van der Waals surface area contributed by atoms with Gasteiger partial charge < -0.3 is 15.0 Å². The summed E-state index contributed by atoms with van der Waals surface area (Å²) in [6.45, 7) is 0.431. The van der Waals surface area contributed by atoms with E-state index >= 15 is 0 Å². The molecule has 36 heavy (non-hydrogen) atoms. The predicted octanol–water partition coefficient (Wildman–Crippen LogP) is 4.75. The van der Waals surface area contributed by atoms with Crippen LogP contribution in [-0.2, 0) is 22.1 Å². The zero-order valence-corrected chi connectivity index (χ0v) is 21.2. The minimum atomic E-state index is -1.41. The summed E-state index contributed by atoms with van der Waals surface area (Å²) in [6, 6.07) is 13.5. The van der Waals surface area contributed by atoms with Gasteiger partial charge >= 0.3 is 0 Å². The fraction of sp³-hybridized carbons (Fsp3) is 0.308. The molecule has 0 radical (unpaired) electrons. The van der Waals surface area contributed by atoms with Gasteiger partial charge in [0.2, 0.25) is 11.1 Å². The van der Waals surface area contributed by atoms with E-state index in [1.54, 1.807) is 6.07 Å². The van der Waals surface area contributed by atoms with E-state index in [9.17, 15) is 9.00 Å². The molecule has 2 aliphatic rings. The van der Waals surface area contributed by atoms with Crippen molar-refractivity contribution < 1.29 is 9.00 Å². The van der Waals surface area contributed by atoms with Gasteiger partial charge in [-0.05, 0) is 60.4 Å². The van der Waals surface area contributed by atoms with Gasteiger partial charge in [0.25, 0.3) is 0 Å². The molecule has 3 atom stereocenters. The number of carbonyl (C=O) groups is 1. The molecule has 3 aromatic heterocycles. The van der Waals surface area contributed by atoms with Crippen LogP contribution in [0.4, 0.5) is 11.6 Å². The molecule has 2 aliphatic carbocycles. The molecule has 3 heterocycles. The van der Waals surface area contributed by atoms with Crippen LogP contribution >= 0.6 is 11.6 Å². The van der Waals surface area contributed by atoms with E-state index < -0.39 is 10.8 Å². The first kappa shape index (κ1) is 23.1. The second-order valence-corrected chi connectivity index (χ2v) is 11.2. The normalized spacial score (nSPS) is 19.7. The van der Waals surface area contributed by atoms with Gasteiger partial charge in [0.15, 0.2) is 0 Å². The number of amides is 1. The van der Waals surface area contributed by atoms with Gasteiger partial charge in [0.1, 0.15) is 17.3 Å². The van der Waals surface area contributed by atoms with Gasteiger partial charge in [-0.1, -0.05) is 29.8 Å². The van der Waals surface area contributed by atoms with Gasteiger partial charge in [-0.2, -0.15) is 0 Å². The molecule has 8 nitrogen and oxygen atoms in total. The molecule has 2 saturated carbocycles. The highest BCUT2D eigenvalue weighted by molar-refractivity contribution is 7.84. The van der Waals surface area contributed by atoms with Crippen LogP contribution in [0.5, 0.6) is 0 Å². The van der Waals surface area contributed by atoms with E-state index in [4.69, 9.17) is 11.6 Å². The lowest BCUT2D eigenvalue weighted by atomic mass is 10.1. The van der Waals surface area contributed by atoms with Crippen molar-refractivity contribution in [3.8, 4) is 0 Å². The second-order valence-electron chi connectivity index (χ2n) is 9.46. The number of hydrogen-bond acceptors (Lipinski definition) is 6. The molecule has 1 amide bonds. The molecule has 0 spiro atoms. The lowest BCUT2D eigenvalue weighted by molar-refractivity contribution is -0.117. The highest BCUT2D eigenvalue weighted by Gasteiger charge is 2.44. The van der Waals surface area contributed by atoms with Gasteiger partial charge in [0.05, 0.1) is 23.0 Å². The summed E-state index contributed by atoms with van der Waals surface area (Å²) < 4.78 is 14.2. The molecule has 6 rings (SSSR count). The summed E-state index contributed by atoms with van der Waals surface area (Å²) in [5.41, 5.74) is 4.15. The van der Waals surface area contributed by atoms with E-state index in [0.29, 0.717) is 29.1 Å². The number of carbonyl (C=O) groups excluding carboxylic acids is 1. The Labute approximate surface area is 216 Å². The van der Waals surface area contributed by atoms with Crippen LogP contribution in [-0.4, -0.2) is 35.7 Å². The van der Waals surface area contributed by atoms with Crippen LogP contribution in [0.3, 0.4) is 0 Å². The van der Waals surface area contributed by atoms with Gasteiger partial charge in [0, 0.05) is 35.7 Å². The Kier molecular flexibility index (Phi) is 5.97. The molecular formula is C26H25ClN6O2S. The number of fused-ring (bicyclic) bond motifs is 1. The summed E-state index contributed by atoms with van der Waals surface area (Å²) in [4.78, 5) is 26.2. The Bertz CT molecular complexity index is 1500. The Hall–Kier alpha value is -3.30. The van der Waals surface area contributed by atoms with Crippen molar-refractivity contribution in [1.82, 2.24) is 19.4 Å². The van der Waals surface area contributed by atoms with Gasteiger partial charge in [-0.25, -0.2) is 15.0 Å². The molecule has 0 saturated heterocycles. The van der Waals surface area contributed by atoms with Crippen molar-refractivity contribution in [3.05, 3.63) is 76.7 Å². The van der Waals surface area contributed by atoms with E-state index in [2.05, 4.69) is 42.2 Å². The molecule has 3 unspecified atom stereocenters. The molecule has 4 aromatic rings. The molecule has 2 fully saturated rings. The third-order valence-electron chi connectivity index (χ3n) is 6.64. The highest BCUT2D eigenvalue weighted by Crippen LogP contribution is 2.48. The Morgan fingerprint density at radius 1 is 1.08 bits per heavy atom. The van der Waals surface area contributed by atoms with E-state index in [-0.39, 0.29) is 22.9 Å². The van der Waals surface area contributed by atoms with Crippen LogP contribution in [0.25, 0.3) is 5.65 Å². The molecule has 2 N–H and O–H groups in total. The van der Waals surface area contributed by atoms with Crippen molar-refractivity contribution >= 4 is 45.6 Å². The number of aromatic nitrogens is 4. The predicted molar refractivity (Wildman–Crippen MR) is 140 cm³/mol. The SMILES string of the molecule is CS(=O)c1nc(NCc2cn3cc(C4CC4)ccc3n2)cc(NC(=O)C2CC2c2cccc(Cl)c2)n1. The highest BCUT2D eigenvalue weighted by atomic mass is 35.5. The quantitative estimate of drug-likeness (QED) is 0.325. The molecule has 184 valence electrons. The minimum Gasteiger partial charge on any atom is -0.364 e. The molecule has 0 bridgehead atoms. The summed E-state index contributed by atoms with van der Waals surface area (Å²) in [6.07, 6.45) is 8.93. The van der Waals surface area contributed by atoms with E-state index in [0.717, 1.165) is 23.3 Å². The summed E-state index contributed by atoms with van der Waals surface area (Å²) >= 11 is 6.10. The Balaban J connectivity index is 1.15. The summed E-state index contributed by atoms with van der Waals surface area (Å²) in [5.74, 6) is 1.34. The maximum atomic E-state index is 12.9. The number of anilines is 2. The first-order valence-electron chi connectivity index (χ1n) is 11.9. The van der Waals surface area contributed by atoms with Crippen LogP contribution < -0.4 is 10.6 Å². The van der Waals surface area contributed by atoms with Gasteiger partial charge in [-0.3, -0.25) is 9.00 Å². The average Bonchev–Trinajstić information content (AvgIpc) is 3.78. The number of halogens is 1. The number of rotatable bonds is 8. The van der Waals surface area contributed by atoms with E-state index in [1.807, 2.05) is 36.5 Å². The Morgan fingerprint density at radius 2 is 1.92 bits per heavy atom. The van der Waals surface area contributed by atoms with Crippen LogP contribution in [0.1, 0.15) is 47.9 Å². The number of nitrogens with one attached hydrogen (secondary N) is 2. The standard InChI is InChI=1S/C26H25ClN6O2S/c1-36(35)26-31-22(28-12-19-14-33-13-17(15-5-6-15)7-8-24(33)29-19)11-23(32-26)30-25(34)21-10-20(21)16-3-2-4-18(27)9-16/h2-4,7-9,11,13-15,20-21H,5-6,10,12H2,1H3,(H2,28,30,31,32,34). The number of benzene rings is 1. The maximum Gasteiger partial charge on any atom is 0.229 e. The van der Waals surface area contributed by atoms with Crippen LogP contribution in [0, 0.1) is 5.92 Å². The number of imidazole rings is 1. The van der Waals surface area contributed by atoms with Crippen molar-refractivity contribution in [2.45, 2.75) is 42.8 Å². The molecule has 0 aliphatic heterocycles. The maximum absolute atomic E-state index is 12.9. The first-order chi connectivity index (χ1) is 17.4. The zero-order chi connectivity index (χ0) is 24.8. The number of hydrogen-bond donors (Lipinski definition) is 2. The number of pyridine rings is 1. The molecule has 1 aromatic carbocycles. The van der Waals surface area contributed by atoms with Crippen molar-refractivity contribution in [2.24, 2.45) is 5.92 Å². The van der Waals surface area contributed by atoms with Crippen LogP contribution in [0.2, 0.25) is 5.02 Å². The van der Waals surface area contributed by atoms with Crippen LogP contribution in [0.15, 0.2) is 60.0 Å². The average molecular weight is 521 g/mol. The largest absolute Gasteiger partial charge is 0.364 e. The summed E-state index contributed by atoms with van der Waals surface area (Å²) in [7, 11) is -1.41. The van der Waals surface area contributed by atoms with Crippen molar-refractivity contribution in [3.63, 3.8) is 0 Å². The van der Waals surface area contributed by atoms with Crippen molar-refractivity contribution in [2.75, 3.05) is 16.9 Å². The molecule has 10 heteroatoms. The fourth-order valence-electron chi connectivity index (χ4n) is 4.50. The fourth-order valence-corrected chi connectivity index (χ4v) is 5.16. The minimum absolute atomic E-state index is 0.121. The van der Waals surface area contributed by atoms with E-state index in [1.165, 1.54) is 24.7 Å².